The number of carbonyl (C=O) groups excluding carboxylic acids is 2. The molecule has 0 atom stereocenters. The summed E-state index contributed by atoms with van der Waals surface area (Å²) in [7, 11) is 0. The van der Waals surface area contributed by atoms with Crippen LogP contribution in [0.25, 0.3) is 0 Å². The van der Waals surface area contributed by atoms with Gasteiger partial charge in [-0.25, -0.2) is 0 Å². The van der Waals surface area contributed by atoms with Crippen LogP contribution < -0.4 is 4.74 Å². The smallest absolute Gasteiger partial charge is 0.311 e. The SMILES string of the molecule is CCOCCCC(=O)Oc1cccc(C(C)=O)c1. The zero-order valence-corrected chi connectivity index (χ0v) is 10.8. The number of ketones is 1. The molecule has 4 heteroatoms. The molecule has 98 valence electrons. The Hall–Kier alpha value is -1.68. The molecule has 0 aliphatic rings. The summed E-state index contributed by atoms with van der Waals surface area (Å²) in [5.74, 6) is 0.0451. The standard InChI is InChI=1S/C14H18O4/c1-3-17-9-5-8-14(16)18-13-7-4-6-12(10-13)11(2)15/h4,6-7,10H,3,5,8-9H2,1-2H3. The molecule has 0 aliphatic heterocycles. The topological polar surface area (TPSA) is 52.6 Å². The summed E-state index contributed by atoms with van der Waals surface area (Å²) in [6.07, 6.45) is 0.948. The van der Waals surface area contributed by atoms with Gasteiger partial charge in [-0.05, 0) is 32.4 Å². The first-order valence-corrected chi connectivity index (χ1v) is 6.03. The molecule has 1 aromatic carbocycles. The monoisotopic (exact) mass is 250 g/mol. The first kappa shape index (κ1) is 14.4. The van der Waals surface area contributed by atoms with Crippen molar-refractivity contribution in [3.63, 3.8) is 0 Å². The van der Waals surface area contributed by atoms with E-state index < -0.39 is 0 Å². The van der Waals surface area contributed by atoms with Crippen LogP contribution in [0.15, 0.2) is 24.3 Å². The Labute approximate surface area is 107 Å². The van der Waals surface area contributed by atoms with Gasteiger partial charge in [-0.1, -0.05) is 12.1 Å². The van der Waals surface area contributed by atoms with Crippen molar-refractivity contribution in [2.75, 3.05) is 13.2 Å². The Kier molecular flexibility index (Phi) is 6.08. The normalized spacial score (nSPS) is 10.1. The van der Waals surface area contributed by atoms with Gasteiger partial charge in [0.1, 0.15) is 5.75 Å². The molecule has 0 amide bonds. The van der Waals surface area contributed by atoms with Crippen LogP contribution in [0.2, 0.25) is 0 Å². The highest BCUT2D eigenvalue weighted by Gasteiger charge is 2.06. The van der Waals surface area contributed by atoms with E-state index in [0.717, 1.165) is 0 Å². The van der Waals surface area contributed by atoms with Crippen molar-refractivity contribution in [3.8, 4) is 5.75 Å². The first-order chi connectivity index (χ1) is 8.63. The van der Waals surface area contributed by atoms with Crippen LogP contribution in [0.5, 0.6) is 5.75 Å². The van der Waals surface area contributed by atoms with E-state index in [1.54, 1.807) is 24.3 Å². The van der Waals surface area contributed by atoms with Crippen LogP contribution >= 0.6 is 0 Å². The molecule has 18 heavy (non-hydrogen) atoms. The van der Waals surface area contributed by atoms with Gasteiger partial charge in [0, 0.05) is 25.2 Å². The minimum atomic E-state index is -0.310. The van der Waals surface area contributed by atoms with Gasteiger partial charge in [0.15, 0.2) is 5.78 Å². The van der Waals surface area contributed by atoms with E-state index in [0.29, 0.717) is 37.4 Å². The van der Waals surface area contributed by atoms with E-state index in [2.05, 4.69) is 0 Å². The fourth-order valence-corrected chi connectivity index (χ4v) is 1.42. The quantitative estimate of drug-likeness (QED) is 0.323. The molecule has 0 fully saturated rings. The fraction of sp³-hybridized carbons (Fsp3) is 0.429. The average molecular weight is 250 g/mol. The van der Waals surface area contributed by atoms with Crippen molar-refractivity contribution < 1.29 is 19.1 Å². The third-order valence-electron chi connectivity index (χ3n) is 2.35. The van der Waals surface area contributed by atoms with Crippen LogP contribution in [-0.4, -0.2) is 25.0 Å². The molecule has 0 bridgehead atoms. The molecule has 0 radical (unpaired) electrons. The summed E-state index contributed by atoms with van der Waals surface area (Å²) >= 11 is 0. The van der Waals surface area contributed by atoms with Gasteiger partial charge in [-0.15, -0.1) is 0 Å². The molecule has 1 rings (SSSR count). The van der Waals surface area contributed by atoms with Crippen molar-refractivity contribution in [2.24, 2.45) is 0 Å². The Morgan fingerprint density at radius 2 is 2.06 bits per heavy atom. The number of Topliss-reactive ketones (excluding diaryl/α,β-unsaturated/α-hetero) is 1. The largest absolute Gasteiger partial charge is 0.427 e. The van der Waals surface area contributed by atoms with Crippen molar-refractivity contribution in [1.29, 1.82) is 0 Å². The number of rotatable bonds is 7. The van der Waals surface area contributed by atoms with Crippen molar-refractivity contribution >= 4 is 11.8 Å². The lowest BCUT2D eigenvalue weighted by atomic mass is 10.1. The summed E-state index contributed by atoms with van der Waals surface area (Å²) in [5.41, 5.74) is 0.537. The van der Waals surface area contributed by atoms with Crippen molar-refractivity contribution in [2.45, 2.75) is 26.7 Å². The number of carbonyl (C=O) groups is 2. The Bertz CT molecular complexity index is 412. The average Bonchev–Trinajstić information content (AvgIpc) is 2.35. The van der Waals surface area contributed by atoms with Gasteiger partial charge < -0.3 is 9.47 Å². The van der Waals surface area contributed by atoms with E-state index in [1.807, 2.05) is 6.92 Å². The van der Waals surface area contributed by atoms with E-state index in [-0.39, 0.29) is 11.8 Å². The summed E-state index contributed by atoms with van der Waals surface area (Å²) < 4.78 is 10.3. The number of hydrogen-bond acceptors (Lipinski definition) is 4. The second-order valence-corrected chi connectivity index (χ2v) is 3.86. The van der Waals surface area contributed by atoms with Gasteiger partial charge in [0.25, 0.3) is 0 Å². The maximum absolute atomic E-state index is 11.5. The number of esters is 1. The zero-order chi connectivity index (χ0) is 13.4. The van der Waals surface area contributed by atoms with Gasteiger partial charge >= 0.3 is 5.97 Å². The molecule has 0 saturated carbocycles. The minimum Gasteiger partial charge on any atom is -0.427 e. The second-order valence-electron chi connectivity index (χ2n) is 3.86. The molecule has 0 spiro atoms. The summed E-state index contributed by atoms with van der Waals surface area (Å²) in [4.78, 5) is 22.7. The van der Waals surface area contributed by atoms with Crippen molar-refractivity contribution in [3.05, 3.63) is 29.8 Å². The van der Waals surface area contributed by atoms with Gasteiger partial charge in [-0.2, -0.15) is 0 Å². The molecule has 0 aliphatic carbocycles. The molecule has 0 saturated heterocycles. The van der Waals surface area contributed by atoms with Crippen LogP contribution in [0, 0.1) is 0 Å². The maximum Gasteiger partial charge on any atom is 0.311 e. The Morgan fingerprint density at radius 1 is 1.28 bits per heavy atom. The second kappa shape index (κ2) is 7.61. The first-order valence-electron chi connectivity index (χ1n) is 6.03. The highest BCUT2D eigenvalue weighted by atomic mass is 16.5. The highest BCUT2D eigenvalue weighted by Crippen LogP contribution is 2.14. The van der Waals surface area contributed by atoms with Crippen LogP contribution in [-0.2, 0) is 9.53 Å². The molecular weight excluding hydrogens is 232 g/mol. The van der Waals surface area contributed by atoms with Crippen LogP contribution in [0.3, 0.4) is 0 Å². The summed E-state index contributed by atoms with van der Waals surface area (Å²) in [6.45, 7) is 4.59. The minimum absolute atomic E-state index is 0.0516. The lowest BCUT2D eigenvalue weighted by molar-refractivity contribution is -0.134. The molecule has 1 aromatic rings. The molecular formula is C14H18O4. The molecule has 0 heterocycles. The molecule has 0 unspecified atom stereocenters. The third-order valence-corrected chi connectivity index (χ3v) is 2.35. The van der Waals surface area contributed by atoms with Gasteiger partial charge in [0.2, 0.25) is 0 Å². The van der Waals surface area contributed by atoms with E-state index in [1.165, 1.54) is 6.92 Å². The fourth-order valence-electron chi connectivity index (χ4n) is 1.42. The predicted molar refractivity (Wildman–Crippen MR) is 67.8 cm³/mol. The Morgan fingerprint density at radius 3 is 2.72 bits per heavy atom. The summed E-state index contributed by atoms with van der Waals surface area (Å²) in [6, 6.07) is 6.62. The third kappa shape index (κ3) is 5.10. The number of ether oxygens (including phenoxy) is 2. The highest BCUT2D eigenvalue weighted by molar-refractivity contribution is 5.94. The number of hydrogen-bond donors (Lipinski definition) is 0. The molecule has 0 aromatic heterocycles. The van der Waals surface area contributed by atoms with Gasteiger partial charge in [0.05, 0.1) is 0 Å². The lowest BCUT2D eigenvalue weighted by Gasteiger charge is -2.05. The van der Waals surface area contributed by atoms with E-state index in [4.69, 9.17) is 9.47 Å². The lowest BCUT2D eigenvalue weighted by Crippen LogP contribution is -2.09. The molecule has 0 N–H and O–H groups in total. The summed E-state index contributed by atoms with van der Waals surface area (Å²) in [5, 5.41) is 0. The van der Waals surface area contributed by atoms with Crippen molar-refractivity contribution in [1.82, 2.24) is 0 Å². The molecule has 4 nitrogen and oxygen atoms in total. The van der Waals surface area contributed by atoms with E-state index in [9.17, 15) is 9.59 Å². The number of benzene rings is 1. The maximum atomic E-state index is 11.5. The predicted octanol–water partition coefficient (Wildman–Crippen LogP) is 2.61. The van der Waals surface area contributed by atoms with Gasteiger partial charge in [-0.3, -0.25) is 9.59 Å². The zero-order valence-electron chi connectivity index (χ0n) is 10.8. The van der Waals surface area contributed by atoms with E-state index >= 15 is 0 Å². The van der Waals surface area contributed by atoms with Crippen LogP contribution in [0.4, 0.5) is 0 Å². The Balaban J connectivity index is 2.44. The van der Waals surface area contributed by atoms with Crippen LogP contribution in [0.1, 0.15) is 37.0 Å².